The smallest absolute Gasteiger partial charge is 0.227 e. The minimum absolute atomic E-state index is 0.112. The number of amides is 2. The lowest BCUT2D eigenvalue weighted by atomic mass is 10.0. The van der Waals surface area contributed by atoms with Crippen molar-refractivity contribution in [3.63, 3.8) is 0 Å². The van der Waals surface area contributed by atoms with Crippen molar-refractivity contribution in [1.29, 1.82) is 0 Å². The molecule has 2 aromatic rings. The molecule has 0 bridgehead atoms. The highest BCUT2D eigenvalue weighted by Gasteiger charge is 2.37. The van der Waals surface area contributed by atoms with Gasteiger partial charge in [-0.15, -0.1) is 0 Å². The Balaban J connectivity index is 1.73. The van der Waals surface area contributed by atoms with Crippen LogP contribution < -0.4 is 24.4 Å². The zero-order valence-corrected chi connectivity index (χ0v) is 17.8. The molecule has 1 aliphatic heterocycles. The molecule has 2 aromatic carbocycles. The van der Waals surface area contributed by atoms with Gasteiger partial charge in [0.25, 0.3) is 0 Å². The Morgan fingerprint density at radius 3 is 2.33 bits per heavy atom. The van der Waals surface area contributed by atoms with Gasteiger partial charge >= 0.3 is 0 Å². The number of benzene rings is 2. The Labute approximate surface area is 176 Å². The molecule has 1 heterocycles. The summed E-state index contributed by atoms with van der Waals surface area (Å²) in [6, 6.07) is 12.8. The summed E-state index contributed by atoms with van der Waals surface area (Å²) in [5.74, 6) is 1.28. The first kappa shape index (κ1) is 21.5. The van der Waals surface area contributed by atoms with Crippen LogP contribution in [0.3, 0.4) is 0 Å². The van der Waals surface area contributed by atoms with Crippen LogP contribution in [-0.4, -0.2) is 39.7 Å². The van der Waals surface area contributed by atoms with E-state index in [9.17, 15) is 9.59 Å². The number of methoxy groups -OCH3 is 3. The summed E-state index contributed by atoms with van der Waals surface area (Å²) in [6.07, 6.45) is 0.900. The Hall–Kier alpha value is -3.22. The van der Waals surface area contributed by atoms with E-state index in [1.54, 1.807) is 44.4 Å². The average Bonchev–Trinajstić information content (AvgIpc) is 3.18. The molecule has 7 nitrogen and oxygen atoms in total. The van der Waals surface area contributed by atoms with E-state index in [0.29, 0.717) is 23.7 Å². The molecule has 2 atom stereocenters. The Bertz CT molecular complexity index is 897. The number of hydrogen-bond donors (Lipinski definition) is 1. The zero-order valence-electron chi connectivity index (χ0n) is 17.8. The summed E-state index contributed by atoms with van der Waals surface area (Å²) in [4.78, 5) is 27.2. The minimum atomic E-state index is -0.430. The second-order valence-corrected chi connectivity index (χ2v) is 7.19. The molecule has 1 N–H and O–H groups in total. The number of nitrogens with one attached hydrogen (secondary N) is 1. The van der Waals surface area contributed by atoms with E-state index >= 15 is 0 Å². The highest BCUT2D eigenvalue weighted by molar-refractivity contribution is 6.01. The maximum absolute atomic E-state index is 12.9. The van der Waals surface area contributed by atoms with Crippen LogP contribution in [0.25, 0.3) is 0 Å². The molecule has 3 rings (SSSR count). The third kappa shape index (κ3) is 4.50. The van der Waals surface area contributed by atoms with Crippen molar-refractivity contribution in [2.75, 3.05) is 32.8 Å². The summed E-state index contributed by atoms with van der Waals surface area (Å²) < 4.78 is 15.9. The van der Waals surface area contributed by atoms with Crippen molar-refractivity contribution in [2.24, 2.45) is 5.92 Å². The number of nitrogens with zero attached hydrogens (tertiary/aromatic N) is 1. The molecule has 0 radical (unpaired) electrons. The summed E-state index contributed by atoms with van der Waals surface area (Å²) in [5.41, 5.74) is 1.61. The van der Waals surface area contributed by atoms with Crippen molar-refractivity contribution in [2.45, 2.75) is 25.8 Å². The van der Waals surface area contributed by atoms with E-state index in [1.165, 1.54) is 0 Å². The molecule has 30 heavy (non-hydrogen) atoms. The molecule has 0 aromatic heterocycles. The SMILES string of the molecule is CCC(NC(=O)C1CC(=O)N(c2cc(OC)ccc2OC)C1)c1ccc(OC)cc1. The van der Waals surface area contributed by atoms with Crippen LogP contribution in [0.15, 0.2) is 42.5 Å². The molecule has 0 spiro atoms. The Kier molecular flexibility index (Phi) is 6.82. The Morgan fingerprint density at radius 2 is 1.73 bits per heavy atom. The first-order valence-corrected chi connectivity index (χ1v) is 9.97. The molecule has 2 unspecified atom stereocenters. The molecule has 1 aliphatic rings. The molecule has 7 heteroatoms. The molecule has 1 saturated heterocycles. The predicted octanol–water partition coefficient (Wildman–Crippen LogP) is 3.33. The predicted molar refractivity (Wildman–Crippen MR) is 114 cm³/mol. The lowest BCUT2D eigenvalue weighted by Gasteiger charge is -2.22. The van der Waals surface area contributed by atoms with Gasteiger partial charge in [-0.25, -0.2) is 0 Å². The van der Waals surface area contributed by atoms with Crippen LogP contribution in [0.2, 0.25) is 0 Å². The second-order valence-electron chi connectivity index (χ2n) is 7.19. The van der Waals surface area contributed by atoms with E-state index in [-0.39, 0.29) is 24.3 Å². The van der Waals surface area contributed by atoms with Gasteiger partial charge in [0.1, 0.15) is 17.2 Å². The average molecular weight is 412 g/mol. The van der Waals surface area contributed by atoms with Crippen LogP contribution in [-0.2, 0) is 9.59 Å². The quantitative estimate of drug-likeness (QED) is 0.720. The van der Waals surface area contributed by atoms with Gasteiger partial charge in [0.05, 0.1) is 39.0 Å². The summed E-state index contributed by atoms with van der Waals surface area (Å²) in [5, 5.41) is 3.09. The van der Waals surface area contributed by atoms with Gasteiger partial charge in [-0.1, -0.05) is 19.1 Å². The minimum Gasteiger partial charge on any atom is -0.497 e. The van der Waals surface area contributed by atoms with Crippen molar-refractivity contribution >= 4 is 17.5 Å². The third-order valence-electron chi connectivity index (χ3n) is 5.42. The van der Waals surface area contributed by atoms with Crippen LogP contribution >= 0.6 is 0 Å². The maximum Gasteiger partial charge on any atom is 0.227 e. The molecule has 1 fully saturated rings. The van der Waals surface area contributed by atoms with E-state index in [0.717, 1.165) is 17.7 Å². The van der Waals surface area contributed by atoms with Crippen LogP contribution in [0.4, 0.5) is 5.69 Å². The van der Waals surface area contributed by atoms with Gasteiger partial charge in [0.2, 0.25) is 11.8 Å². The fourth-order valence-electron chi connectivity index (χ4n) is 3.67. The highest BCUT2D eigenvalue weighted by Crippen LogP contribution is 2.36. The second kappa shape index (κ2) is 9.52. The Morgan fingerprint density at radius 1 is 1.07 bits per heavy atom. The summed E-state index contributed by atoms with van der Waals surface area (Å²) >= 11 is 0. The number of carbonyl (C=O) groups is 2. The fourth-order valence-corrected chi connectivity index (χ4v) is 3.67. The van der Waals surface area contributed by atoms with Crippen LogP contribution in [0.1, 0.15) is 31.4 Å². The standard InChI is InChI=1S/C23H28N2O5/c1-5-19(15-6-8-17(28-2)9-7-15)24-23(27)16-12-22(26)25(14-16)20-13-18(29-3)10-11-21(20)30-4/h6-11,13,16,19H,5,12,14H2,1-4H3,(H,24,27). The lowest BCUT2D eigenvalue weighted by molar-refractivity contribution is -0.127. The maximum atomic E-state index is 12.9. The lowest BCUT2D eigenvalue weighted by Crippen LogP contribution is -2.35. The van der Waals surface area contributed by atoms with E-state index in [1.807, 2.05) is 31.2 Å². The van der Waals surface area contributed by atoms with Crippen molar-refractivity contribution in [3.05, 3.63) is 48.0 Å². The summed E-state index contributed by atoms with van der Waals surface area (Å²) in [6.45, 7) is 2.32. The summed E-state index contributed by atoms with van der Waals surface area (Å²) in [7, 11) is 4.74. The van der Waals surface area contributed by atoms with Gasteiger partial charge in [-0.3, -0.25) is 9.59 Å². The number of anilines is 1. The number of hydrogen-bond acceptors (Lipinski definition) is 5. The van der Waals surface area contributed by atoms with Crippen molar-refractivity contribution in [1.82, 2.24) is 5.32 Å². The van der Waals surface area contributed by atoms with Gasteiger partial charge in [0.15, 0.2) is 0 Å². The van der Waals surface area contributed by atoms with E-state index < -0.39 is 5.92 Å². The van der Waals surface area contributed by atoms with Gasteiger partial charge < -0.3 is 24.4 Å². The van der Waals surface area contributed by atoms with Crippen LogP contribution in [0, 0.1) is 5.92 Å². The zero-order chi connectivity index (χ0) is 21.7. The fraction of sp³-hybridized carbons (Fsp3) is 0.391. The van der Waals surface area contributed by atoms with Gasteiger partial charge in [-0.05, 0) is 36.2 Å². The number of ether oxygens (including phenoxy) is 3. The molecule has 2 amide bonds. The molecular formula is C23H28N2O5. The monoisotopic (exact) mass is 412 g/mol. The normalized spacial score (nSPS) is 16.9. The van der Waals surface area contributed by atoms with E-state index in [2.05, 4.69) is 5.32 Å². The van der Waals surface area contributed by atoms with E-state index in [4.69, 9.17) is 14.2 Å². The van der Waals surface area contributed by atoms with Gasteiger partial charge in [0, 0.05) is 19.0 Å². The topological polar surface area (TPSA) is 77.1 Å². The van der Waals surface area contributed by atoms with Crippen molar-refractivity contribution < 1.29 is 23.8 Å². The first-order chi connectivity index (χ1) is 14.5. The largest absolute Gasteiger partial charge is 0.497 e. The third-order valence-corrected chi connectivity index (χ3v) is 5.42. The highest BCUT2D eigenvalue weighted by atomic mass is 16.5. The van der Waals surface area contributed by atoms with Crippen molar-refractivity contribution in [3.8, 4) is 17.2 Å². The van der Waals surface area contributed by atoms with Crippen LogP contribution in [0.5, 0.6) is 17.2 Å². The molecule has 160 valence electrons. The molecular weight excluding hydrogens is 384 g/mol. The molecule has 0 aliphatic carbocycles. The number of rotatable bonds is 8. The first-order valence-electron chi connectivity index (χ1n) is 9.97. The molecule has 0 saturated carbocycles. The number of carbonyl (C=O) groups excluding carboxylic acids is 2. The van der Waals surface area contributed by atoms with Gasteiger partial charge in [-0.2, -0.15) is 0 Å².